The zero-order chi connectivity index (χ0) is 16.9. The molecule has 1 N–H and O–H groups in total. The highest BCUT2D eigenvalue weighted by Crippen LogP contribution is 2.21. The monoisotopic (exact) mass is 324 g/mol. The minimum atomic E-state index is -0.0601. The Kier molecular flexibility index (Phi) is 5.04. The number of nitrogens with one attached hydrogen (secondary N) is 1. The molecule has 0 bridgehead atoms. The first kappa shape index (κ1) is 16.4. The maximum atomic E-state index is 12.6. The highest BCUT2D eigenvalue weighted by atomic mass is 16.5. The molecule has 126 valence electrons. The van der Waals surface area contributed by atoms with Crippen LogP contribution in [0, 0.1) is 0 Å². The molecular weight excluding hydrogens is 300 g/mol. The Morgan fingerprint density at radius 2 is 2.00 bits per heavy atom. The Bertz CT molecular complexity index is 714. The van der Waals surface area contributed by atoms with Gasteiger partial charge in [0.25, 0.3) is 0 Å². The normalized spacial score (nSPS) is 14.7. The Morgan fingerprint density at radius 3 is 2.79 bits per heavy atom. The third kappa shape index (κ3) is 3.70. The number of fused-ring (bicyclic) bond motifs is 1. The van der Waals surface area contributed by atoms with Gasteiger partial charge in [-0.25, -0.2) is 4.79 Å². The summed E-state index contributed by atoms with van der Waals surface area (Å²) in [6, 6.07) is 16.1. The second-order valence-corrected chi connectivity index (χ2v) is 6.12. The van der Waals surface area contributed by atoms with Crippen molar-refractivity contribution in [3.63, 3.8) is 0 Å². The van der Waals surface area contributed by atoms with Crippen LogP contribution in [0.25, 0.3) is 0 Å². The lowest BCUT2D eigenvalue weighted by atomic mass is 10.0. The molecule has 1 heterocycles. The van der Waals surface area contributed by atoms with E-state index in [0.29, 0.717) is 13.2 Å². The van der Waals surface area contributed by atoms with Gasteiger partial charge >= 0.3 is 6.03 Å². The van der Waals surface area contributed by atoms with Crippen molar-refractivity contribution >= 4 is 6.03 Å². The van der Waals surface area contributed by atoms with Crippen LogP contribution in [0.3, 0.4) is 0 Å². The molecule has 3 rings (SSSR count). The van der Waals surface area contributed by atoms with Crippen LogP contribution in [0.15, 0.2) is 48.5 Å². The number of amides is 2. The molecule has 0 fully saturated rings. The van der Waals surface area contributed by atoms with E-state index in [0.717, 1.165) is 24.3 Å². The third-order valence-electron chi connectivity index (χ3n) is 4.43. The van der Waals surface area contributed by atoms with Crippen molar-refractivity contribution in [3.8, 4) is 5.75 Å². The molecule has 2 amide bonds. The van der Waals surface area contributed by atoms with E-state index in [-0.39, 0.29) is 12.1 Å². The van der Waals surface area contributed by atoms with Crippen LogP contribution in [0.2, 0.25) is 0 Å². The van der Waals surface area contributed by atoms with Crippen molar-refractivity contribution in [1.29, 1.82) is 0 Å². The van der Waals surface area contributed by atoms with Gasteiger partial charge in [0.15, 0.2) is 0 Å². The maximum Gasteiger partial charge on any atom is 0.318 e. The topological polar surface area (TPSA) is 41.6 Å². The van der Waals surface area contributed by atoms with Gasteiger partial charge in [-0.15, -0.1) is 0 Å². The predicted octanol–water partition coefficient (Wildman–Crippen LogP) is 3.91. The molecule has 1 aliphatic rings. The first-order chi connectivity index (χ1) is 11.7. The van der Waals surface area contributed by atoms with E-state index < -0.39 is 0 Å². The van der Waals surface area contributed by atoms with E-state index in [4.69, 9.17) is 4.74 Å². The zero-order valence-corrected chi connectivity index (χ0v) is 14.3. The predicted molar refractivity (Wildman–Crippen MR) is 95.1 cm³/mol. The molecule has 4 nitrogen and oxygen atoms in total. The van der Waals surface area contributed by atoms with Crippen LogP contribution < -0.4 is 10.1 Å². The molecule has 1 aliphatic heterocycles. The minimum Gasteiger partial charge on any atom is -0.494 e. The summed E-state index contributed by atoms with van der Waals surface area (Å²) in [5.74, 6) is 0.836. The minimum absolute atomic E-state index is 0.0150. The fourth-order valence-electron chi connectivity index (χ4n) is 3.07. The molecule has 4 heteroatoms. The van der Waals surface area contributed by atoms with Crippen LogP contribution in [-0.4, -0.2) is 24.1 Å². The molecule has 24 heavy (non-hydrogen) atoms. The van der Waals surface area contributed by atoms with Crippen molar-refractivity contribution in [1.82, 2.24) is 10.2 Å². The number of carbonyl (C=O) groups is 1. The SMILES string of the molecule is CCOc1cccc(C(C)NC(=O)N2CCc3ccccc3C2)c1. The summed E-state index contributed by atoms with van der Waals surface area (Å²) in [6.07, 6.45) is 0.914. The molecule has 0 radical (unpaired) electrons. The van der Waals surface area contributed by atoms with Crippen molar-refractivity contribution in [2.24, 2.45) is 0 Å². The van der Waals surface area contributed by atoms with Crippen LogP contribution in [-0.2, 0) is 13.0 Å². The first-order valence-electron chi connectivity index (χ1n) is 8.52. The highest BCUT2D eigenvalue weighted by Gasteiger charge is 2.21. The number of benzene rings is 2. The lowest BCUT2D eigenvalue weighted by Gasteiger charge is -2.30. The first-order valence-corrected chi connectivity index (χ1v) is 8.52. The van der Waals surface area contributed by atoms with Gasteiger partial charge < -0.3 is 15.0 Å². The van der Waals surface area contributed by atoms with Crippen LogP contribution in [0.4, 0.5) is 4.79 Å². The van der Waals surface area contributed by atoms with E-state index in [2.05, 4.69) is 23.5 Å². The summed E-state index contributed by atoms with van der Waals surface area (Å²) in [5, 5.41) is 3.10. The van der Waals surface area contributed by atoms with Gasteiger partial charge in [-0.2, -0.15) is 0 Å². The molecule has 0 aliphatic carbocycles. The molecule has 1 atom stereocenters. The number of carbonyl (C=O) groups excluding carboxylic acids is 1. The van der Waals surface area contributed by atoms with Gasteiger partial charge in [0.05, 0.1) is 12.6 Å². The molecule has 2 aromatic carbocycles. The quantitative estimate of drug-likeness (QED) is 0.926. The lowest BCUT2D eigenvalue weighted by Crippen LogP contribution is -2.43. The van der Waals surface area contributed by atoms with Crippen LogP contribution in [0.5, 0.6) is 5.75 Å². The van der Waals surface area contributed by atoms with E-state index in [9.17, 15) is 4.79 Å². The van der Waals surface area contributed by atoms with Crippen molar-refractivity contribution in [2.75, 3.05) is 13.2 Å². The zero-order valence-electron chi connectivity index (χ0n) is 14.3. The van der Waals surface area contributed by atoms with Gasteiger partial charge in [-0.3, -0.25) is 0 Å². The summed E-state index contributed by atoms with van der Waals surface area (Å²) in [7, 11) is 0. The van der Waals surface area contributed by atoms with Crippen molar-refractivity contribution < 1.29 is 9.53 Å². The van der Waals surface area contributed by atoms with Gasteiger partial charge in [-0.1, -0.05) is 36.4 Å². The van der Waals surface area contributed by atoms with Crippen LogP contribution >= 0.6 is 0 Å². The van der Waals surface area contributed by atoms with E-state index >= 15 is 0 Å². The molecule has 1 unspecified atom stereocenters. The third-order valence-corrected chi connectivity index (χ3v) is 4.43. The molecule has 2 aromatic rings. The smallest absolute Gasteiger partial charge is 0.318 e. The van der Waals surface area contributed by atoms with Gasteiger partial charge in [0.2, 0.25) is 0 Å². The highest BCUT2D eigenvalue weighted by molar-refractivity contribution is 5.75. The number of rotatable bonds is 4. The summed E-state index contributed by atoms with van der Waals surface area (Å²) in [6.45, 7) is 6.03. The number of ether oxygens (including phenoxy) is 1. The summed E-state index contributed by atoms with van der Waals surface area (Å²) < 4.78 is 5.53. The largest absolute Gasteiger partial charge is 0.494 e. The second-order valence-electron chi connectivity index (χ2n) is 6.12. The summed E-state index contributed by atoms with van der Waals surface area (Å²) >= 11 is 0. The molecular formula is C20H24N2O2. The van der Waals surface area contributed by atoms with Gasteiger partial charge in [0, 0.05) is 13.1 Å². The Labute approximate surface area is 143 Å². The second kappa shape index (κ2) is 7.39. The van der Waals surface area contributed by atoms with Gasteiger partial charge in [0.1, 0.15) is 5.75 Å². The molecule has 0 spiro atoms. The fraction of sp³-hybridized carbons (Fsp3) is 0.350. The van der Waals surface area contributed by atoms with Crippen molar-refractivity contribution in [2.45, 2.75) is 32.9 Å². The fourth-order valence-corrected chi connectivity index (χ4v) is 3.07. The number of nitrogens with zero attached hydrogens (tertiary/aromatic N) is 1. The Balaban J connectivity index is 1.63. The van der Waals surface area contributed by atoms with E-state index in [1.54, 1.807) is 0 Å². The molecule has 0 saturated heterocycles. The number of hydrogen-bond acceptors (Lipinski definition) is 2. The summed E-state index contributed by atoms with van der Waals surface area (Å²) in [4.78, 5) is 14.5. The molecule has 0 saturated carbocycles. The molecule has 0 aromatic heterocycles. The van der Waals surface area contributed by atoms with Crippen molar-refractivity contribution in [3.05, 3.63) is 65.2 Å². The number of urea groups is 1. The van der Waals surface area contributed by atoms with E-state index in [1.807, 2.05) is 49.1 Å². The van der Waals surface area contributed by atoms with Crippen LogP contribution in [0.1, 0.15) is 36.6 Å². The van der Waals surface area contributed by atoms with Gasteiger partial charge in [-0.05, 0) is 49.1 Å². The maximum absolute atomic E-state index is 12.6. The summed E-state index contributed by atoms with van der Waals surface area (Å²) in [5.41, 5.74) is 3.63. The standard InChI is InChI=1S/C20H24N2O2/c1-3-24-19-10-6-9-17(13-19)15(2)21-20(23)22-12-11-16-7-4-5-8-18(16)14-22/h4-10,13,15H,3,11-12,14H2,1-2H3,(H,21,23). The van der Waals surface area contributed by atoms with E-state index in [1.165, 1.54) is 11.1 Å². The average molecular weight is 324 g/mol. The average Bonchev–Trinajstić information content (AvgIpc) is 2.61. The Hall–Kier alpha value is -2.49. The lowest BCUT2D eigenvalue weighted by molar-refractivity contribution is 0.189. The number of hydrogen-bond donors (Lipinski definition) is 1. The Morgan fingerprint density at radius 1 is 1.21 bits per heavy atom.